The minimum absolute atomic E-state index is 0.0195. The summed E-state index contributed by atoms with van der Waals surface area (Å²) in [5, 5.41) is 3.98. The number of piperazine rings is 1. The lowest BCUT2D eigenvalue weighted by atomic mass is 10.2. The number of carbonyl (C=O) groups is 1. The summed E-state index contributed by atoms with van der Waals surface area (Å²) in [6.45, 7) is 7.16. The maximum Gasteiger partial charge on any atom is 0.251 e. The maximum atomic E-state index is 13.4. The molecule has 1 aromatic heterocycles. The second kappa shape index (κ2) is 9.76. The summed E-state index contributed by atoms with van der Waals surface area (Å²) in [5.74, 6) is 0.750. The molecular weight excluding hydrogens is 419 g/mol. The van der Waals surface area contributed by atoms with Gasteiger partial charge in [0.05, 0.1) is 10.2 Å². The zero-order valence-electron chi connectivity index (χ0n) is 16.9. The molecule has 1 aliphatic rings. The third-order valence-corrected chi connectivity index (χ3v) is 7.06. The van der Waals surface area contributed by atoms with E-state index in [9.17, 15) is 9.18 Å². The van der Waals surface area contributed by atoms with Gasteiger partial charge >= 0.3 is 0 Å². The molecular formula is C22H25FN4OS2. The minimum Gasteiger partial charge on any atom is -0.351 e. The molecule has 1 amide bonds. The van der Waals surface area contributed by atoms with Crippen LogP contribution in [-0.2, 0) is 0 Å². The largest absolute Gasteiger partial charge is 0.351 e. The van der Waals surface area contributed by atoms with Gasteiger partial charge < -0.3 is 10.2 Å². The Balaban J connectivity index is 1.24. The quantitative estimate of drug-likeness (QED) is 0.556. The zero-order chi connectivity index (χ0) is 20.9. The van der Waals surface area contributed by atoms with E-state index in [0.717, 1.165) is 58.7 Å². The molecule has 0 bridgehead atoms. The smallest absolute Gasteiger partial charge is 0.251 e. The highest BCUT2D eigenvalue weighted by Crippen LogP contribution is 2.29. The lowest BCUT2D eigenvalue weighted by Gasteiger charge is -2.34. The number of rotatable bonds is 7. The Morgan fingerprint density at radius 3 is 2.83 bits per heavy atom. The fourth-order valence-corrected chi connectivity index (χ4v) is 5.27. The van der Waals surface area contributed by atoms with E-state index in [1.807, 2.05) is 24.3 Å². The van der Waals surface area contributed by atoms with Crippen molar-refractivity contribution in [1.82, 2.24) is 15.2 Å². The SMILES string of the molecule is CCSc1cccc(C(=O)NCCN2CCN(c3nc4ccc(F)cc4s3)CC2)c1. The number of carbonyl (C=O) groups excluding carboxylic acids is 1. The first-order chi connectivity index (χ1) is 14.6. The summed E-state index contributed by atoms with van der Waals surface area (Å²) in [4.78, 5) is 22.8. The van der Waals surface area contributed by atoms with Gasteiger partial charge in [0.1, 0.15) is 5.82 Å². The molecule has 0 radical (unpaired) electrons. The van der Waals surface area contributed by atoms with E-state index in [-0.39, 0.29) is 11.7 Å². The molecule has 8 heteroatoms. The van der Waals surface area contributed by atoms with Crippen LogP contribution in [0.25, 0.3) is 10.2 Å². The predicted octanol–water partition coefficient (Wildman–Crippen LogP) is 4.10. The highest BCUT2D eigenvalue weighted by Gasteiger charge is 2.20. The van der Waals surface area contributed by atoms with Crippen LogP contribution in [0, 0.1) is 5.82 Å². The number of amides is 1. The lowest BCUT2D eigenvalue weighted by molar-refractivity contribution is 0.0947. The molecule has 0 saturated carbocycles. The van der Waals surface area contributed by atoms with Crippen molar-refractivity contribution < 1.29 is 9.18 Å². The molecule has 0 atom stereocenters. The highest BCUT2D eigenvalue weighted by atomic mass is 32.2. The first-order valence-electron chi connectivity index (χ1n) is 10.2. The van der Waals surface area contributed by atoms with Crippen LogP contribution in [0.3, 0.4) is 0 Å². The lowest BCUT2D eigenvalue weighted by Crippen LogP contribution is -2.48. The van der Waals surface area contributed by atoms with Crippen molar-refractivity contribution in [2.24, 2.45) is 0 Å². The molecule has 3 aromatic rings. The van der Waals surface area contributed by atoms with Crippen LogP contribution < -0.4 is 10.2 Å². The normalized spacial score (nSPS) is 14.9. The first kappa shape index (κ1) is 21.1. The topological polar surface area (TPSA) is 48.5 Å². The summed E-state index contributed by atoms with van der Waals surface area (Å²) in [6.07, 6.45) is 0. The average molecular weight is 445 g/mol. The van der Waals surface area contributed by atoms with Crippen LogP contribution in [0.15, 0.2) is 47.4 Å². The van der Waals surface area contributed by atoms with Crippen LogP contribution in [0.4, 0.5) is 9.52 Å². The van der Waals surface area contributed by atoms with E-state index in [1.54, 1.807) is 35.2 Å². The number of aromatic nitrogens is 1. The standard InChI is InChI=1S/C22H25FN4OS2/c1-2-29-18-5-3-4-16(14-18)21(28)24-8-9-26-10-12-27(13-11-26)22-25-19-7-6-17(23)15-20(19)30-22/h3-7,14-15H,2,8-13H2,1H3,(H,24,28). The van der Waals surface area contributed by atoms with Gasteiger partial charge in [0.25, 0.3) is 5.91 Å². The number of anilines is 1. The summed E-state index contributed by atoms with van der Waals surface area (Å²) in [6, 6.07) is 12.5. The van der Waals surface area contributed by atoms with Crippen molar-refractivity contribution in [3.63, 3.8) is 0 Å². The molecule has 1 saturated heterocycles. The number of hydrogen-bond donors (Lipinski definition) is 1. The van der Waals surface area contributed by atoms with Crippen molar-refractivity contribution >= 4 is 44.4 Å². The molecule has 2 aromatic carbocycles. The van der Waals surface area contributed by atoms with Crippen molar-refractivity contribution in [2.45, 2.75) is 11.8 Å². The Labute approximate surface area is 184 Å². The fourth-order valence-electron chi connectivity index (χ4n) is 3.51. The number of halogens is 1. The van der Waals surface area contributed by atoms with E-state index in [4.69, 9.17) is 0 Å². The number of fused-ring (bicyclic) bond motifs is 1. The van der Waals surface area contributed by atoms with Crippen LogP contribution in [0.1, 0.15) is 17.3 Å². The molecule has 0 spiro atoms. The van der Waals surface area contributed by atoms with Gasteiger partial charge in [-0.15, -0.1) is 11.8 Å². The van der Waals surface area contributed by atoms with E-state index < -0.39 is 0 Å². The van der Waals surface area contributed by atoms with E-state index in [0.29, 0.717) is 12.1 Å². The zero-order valence-corrected chi connectivity index (χ0v) is 18.6. The molecule has 1 aliphatic heterocycles. The summed E-state index contributed by atoms with van der Waals surface area (Å²) < 4.78 is 14.3. The number of benzene rings is 2. The second-order valence-corrected chi connectivity index (χ2v) is 9.50. The summed E-state index contributed by atoms with van der Waals surface area (Å²) in [7, 11) is 0. The van der Waals surface area contributed by atoms with Crippen molar-refractivity contribution in [1.29, 1.82) is 0 Å². The van der Waals surface area contributed by atoms with Gasteiger partial charge in [0.15, 0.2) is 5.13 Å². The molecule has 30 heavy (non-hydrogen) atoms. The molecule has 158 valence electrons. The van der Waals surface area contributed by atoms with Gasteiger partial charge in [-0.05, 0) is 42.2 Å². The minimum atomic E-state index is -0.222. The van der Waals surface area contributed by atoms with Crippen LogP contribution in [-0.4, -0.2) is 60.8 Å². The highest BCUT2D eigenvalue weighted by molar-refractivity contribution is 7.99. The van der Waals surface area contributed by atoms with Crippen LogP contribution >= 0.6 is 23.1 Å². The fraction of sp³-hybridized carbons (Fsp3) is 0.364. The number of nitrogens with one attached hydrogen (secondary N) is 1. The van der Waals surface area contributed by atoms with E-state index >= 15 is 0 Å². The van der Waals surface area contributed by atoms with Crippen molar-refractivity contribution in [3.05, 3.63) is 53.8 Å². The molecule has 1 N–H and O–H groups in total. The Morgan fingerprint density at radius 2 is 2.03 bits per heavy atom. The van der Waals surface area contributed by atoms with Gasteiger partial charge in [-0.1, -0.05) is 24.3 Å². The van der Waals surface area contributed by atoms with Gasteiger partial charge in [-0.25, -0.2) is 9.37 Å². The molecule has 5 nitrogen and oxygen atoms in total. The Hall–Kier alpha value is -2.16. The van der Waals surface area contributed by atoms with Gasteiger partial charge in [-0.3, -0.25) is 9.69 Å². The number of thioether (sulfide) groups is 1. The third kappa shape index (κ3) is 5.11. The van der Waals surface area contributed by atoms with E-state index in [2.05, 4.69) is 27.0 Å². The second-order valence-electron chi connectivity index (χ2n) is 7.15. The van der Waals surface area contributed by atoms with Gasteiger partial charge in [-0.2, -0.15) is 0 Å². The third-order valence-electron chi connectivity index (χ3n) is 5.10. The number of hydrogen-bond acceptors (Lipinski definition) is 6. The van der Waals surface area contributed by atoms with Gasteiger partial charge in [0.2, 0.25) is 0 Å². The monoisotopic (exact) mass is 444 g/mol. The predicted molar refractivity (Wildman–Crippen MR) is 123 cm³/mol. The Kier molecular flexibility index (Phi) is 6.86. The molecule has 4 rings (SSSR count). The Morgan fingerprint density at radius 1 is 1.20 bits per heavy atom. The Bertz CT molecular complexity index is 1020. The van der Waals surface area contributed by atoms with Crippen molar-refractivity contribution in [3.8, 4) is 0 Å². The van der Waals surface area contributed by atoms with Crippen molar-refractivity contribution in [2.75, 3.05) is 49.9 Å². The first-order valence-corrected chi connectivity index (χ1v) is 12.0. The van der Waals surface area contributed by atoms with Crippen LogP contribution in [0.2, 0.25) is 0 Å². The van der Waals surface area contributed by atoms with Crippen LogP contribution in [0.5, 0.6) is 0 Å². The summed E-state index contributed by atoms with van der Waals surface area (Å²) >= 11 is 3.28. The molecule has 2 heterocycles. The average Bonchev–Trinajstić information content (AvgIpc) is 3.18. The number of thiazole rings is 1. The van der Waals surface area contributed by atoms with E-state index in [1.165, 1.54) is 6.07 Å². The summed E-state index contributed by atoms with van der Waals surface area (Å²) in [5.41, 5.74) is 1.56. The molecule has 1 fully saturated rings. The van der Waals surface area contributed by atoms with Gasteiger partial charge in [0, 0.05) is 49.7 Å². The number of nitrogens with zero attached hydrogens (tertiary/aromatic N) is 3. The maximum absolute atomic E-state index is 13.4. The molecule has 0 aliphatic carbocycles. The molecule has 0 unspecified atom stereocenters.